The quantitative estimate of drug-likeness (QED) is 0.651. The third-order valence-electron chi connectivity index (χ3n) is 2.11. The predicted molar refractivity (Wildman–Crippen MR) is 56.9 cm³/mol. The monoisotopic (exact) mass is 237 g/mol. The van der Waals surface area contributed by atoms with E-state index in [4.69, 9.17) is 0 Å². The largest absolute Gasteiger partial charge is 0.377 e. The van der Waals surface area contributed by atoms with E-state index in [-0.39, 0.29) is 17.9 Å². The standard InChI is InChI=1S/C10H8FN3O3/c11-9-5-8(14(15)16)1-2-10(9)12-6-7-3-4-17-13-7/h1-5,12H,6H2. The van der Waals surface area contributed by atoms with Crippen LogP contribution in [0.15, 0.2) is 35.1 Å². The highest BCUT2D eigenvalue weighted by Gasteiger charge is 2.10. The molecule has 0 fully saturated rings. The molecule has 0 aliphatic heterocycles. The van der Waals surface area contributed by atoms with E-state index in [0.29, 0.717) is 5.69 Å². The lowest BCUT2D eigenvalue weighted by Gasteiger charge is -2.04. The number of nitro groups is 1. The number of aromatic nitrogens is 1. The molecule has 2 aromatic rings. The molecule has 0 aliphatic rings. The number of benzene rings is 1. The van der Waals surface area contributed by atoms with Crippen molar-refractivity contribution in [3.05, 3.63) is 52.2 Å². The first-order valence-corrected chi connectivity index (χ1v) is 4.74. The molecule has 1 aromatic heterocycles. The molecule has 1 N–H and O–H groups in total. The van der Waals surface area contributed by atoms with Crippen LogP contribution in [-0.2, 0) is 6.54 Å². The molecule has 6 nitrogen and oxygen atoms in total. The lowest BCUT2D eigenvalue weighted by molar-refractivity contribution is -0.385. The van der Waals surface area contributed by atoms with Gasteiger partial charge in [-0.3, -0.25) is 10.1 Å². The van der Waals surface area contributed by atoms with Gasteiger partial charge in [-0.05, 0) is 6.07 Å². The van der Waals surface area contributed by atoms with E-state index in [1.165, 1.54) is 18.4 Å². The van der Waals surface area contributed by atoms with Crippen LogP contribution in [0.3, 0.4) is 0 Å². The van der Waals surface area contributed by atoms with Gasteiger partial charge in [0.1, 0.15) is 12.0 Å². The number of halogens is 1. The van der Waals surface area contributed by atoms with Crippen molar-refractivity contribution in [3.63, 3.8) is 0 Å². The SMILES string of the molecule is O=[N+]([O-])c1ccc(NCc2ccon2)c(F)c1. The molecular weight excluding hydrogens is 229 g/mol. The lowest BCUT2D eigenvalue weighted by Crippen LogP contribution is -2.02. The van der Waals surface area contributed by atoms with E-state index >= 15 is 0 Å². The summed E-state index contributed by atoms with van der Waals surface area (Å²) < 4.78 is 18.0. The number of nitrogens with zero attached hydrogens (tertiary/aromatic N) is 2. The van der Waals surface area contributed by atoms with Crippen molar-refractivity contribution in [1.82, 2.24) is 5.16 Å². The smallest absolute Gasteiger partial charge is 0.272 e. The van der Waals surface area contributed by atoms with E-state index in [1.54, 1.807) is 6.07 Å². The summed E-state index contributed by atoms with van der Waals surface area (Å²) in [5, 5.41) is 16.8. The number of rotatable bonds is 4. The minimum Gasteiger partial charge on any atom is -0.377 e. The Morgan fingerprint density at radius 3 is 2.88 bits per heavy atom. The van der Waals surface area contributed by atoms with Crippen molar-refractivity contribution in [2.24, 2.45) is 0 Å². The highest BCUT2D eigenvalue weighted by Crippen LogP contribution is 2.20. The predicted octanol–water partition coefficient (Wildman–Crippen LogP) is 2.33. The van der Waals surface area contributed by atoms with Gasteiger partial charge in [-0.25, -0.2) is 4.39 Å². The minimum atomic E-state index is -0.678. The molecule has 0 atom stereocenters. The van der Waals surface area contributed by atoms with Gasteiger partial charge in [-0.2, -0.15) is 0 Å². The van der Waals surface area contributed by atoms with Crippen molar-refractivity contribution in [2.75, 3.05) is 5.32 Å². The number of nitro benzene ring substituents is 1. The Morgan fingerprint density at radius 1 is 1.47 bits per heavy atom. The average molecular weight is 237 g/mol. The van der Waals surface area contributed by atoms with Crippen LogP contribution >= 0.6 is 0 Å². The number of anilines is 1. The van der Waals surface area contributed by atoms with Crippen molar-refractivity contribution in [3.8, 4) is 0 Å². The fourth-order valence-electron chi connectivity index (χ4n) is 1.28. The molecular formula is C10H8FN3O3. The van der Waals surface area contributed by atoms with Crippen molar-refractivity contribution in [1.29, 1.82) is 0 Å². The van der Waals surface area contributed by atoms with Gasteiger partial charge in [0.25, 0.3) is 5.69 Å². The highest BCUT2D eigenvalue weighted by molar-refractivity contribution is 5.50. The molecule has 0 spiro atoms. The summed E-state index contributed by atoms with van der Waals surface area (Å²) >= 11 is 0. The topological polar surface area (TPSA) is 81.2 Å². The van der Waals surface area contributed by atoms with Crippen molar-refractivity contribution in [2.45, 2.75) is 6.54 Å². The Balaban J connectivity index is 2.09. The minimum absolute atomic E-state index is 0.179. The van der Waals surface area contributed by atoms with Crippen molar-refractivity contribution < 1.29 is 13.8 Å². The number of hydrogen-bond donors (Lipinski definition) is 1. The van der Waals surface area contributed by atoms with Gasteiger partial charge in [-0.15, -0.1) is 0 Å². The second-order valence-corrected chi connectivity index (χ2v) is 3.27. The Bertz CT molecular complexity index is 528. The molecule has 0 saturated heterocycles. The Kier molecular flexibility index (Phi) is 2.99. The van der Waals surface area contributed by atoms with Gasteiger partial charge < -0.3 is 9.84 Å². The molecule has 7 heteroatoms. The van der Waals surface area contributed by atoms with Gasteiger partial charge in [0.15, 0.2) is 5.82 Å². The van der Waals surface area contributed by atoms with Crippen LogP contribution < -0.4 is 5.32 Å². The fourth-order valence-corrected chi connectivity index (χ4v) is 1.28. The van der Waals surface area contributed by atoms with Crippen LogP contribution in [0.5, 0.6) is 0 Å². The molecule has 0 amide bonds. The molecule has 1 heterocycles. The van der Waals surface area contributed by atoms with E-state index in [2.05, 4.69) is 15.0 Å². The zero-order valence-electron chi connectivity index (χ0n) is 8.59. The van der Waals surface area contributed by atoms with E-state index in [1.807, 2.05) is 0 Å². The first kappa shape index (κ1) is 11.1. The van der Waals surface area contributed by atoms with Crippen LogP contribution in [-0.4, -0.2) is 10.1 Å². The average Bonchev–Trinajstić information content (AvgIpc) is 2.80. The number of hydrogen-bond acceptors (Lipinski definition) is 5. The van der Waals surface area contributed by atoms with Crippen LogP contribution in [0.4, 0.5) is 15.8 Å². The summed E-state index contributed by atoms with van der Waals surface area (Å²) in [4.78, 5) is 9.76. The first-order valence-electron chi connectivity index (χ1n) is 4.74. The van der Waals surface area contributed by atoms with Crippen LogP contribution in [0.1, 0.15) is 5.69 Å². The Labute approximate surface area is 95.2 Å². The molecule has 0 aliphatic carbocycles. The molecule has 0 unspecified atom stereocenters. The third-order valence-corrected chi connectivity index (χ3v) is 2.11. The normalized spacial score (nSPS) is 10.2. The van der Waals surface area contributed by atoms with E-state index in [9.17, 15) is 14.5 Å². The summed E-state index contributed by atoms with van der Waals surface area (Å²) in [6, 6.07) is 5.04. The lowest BCUT2D eigenvalue weighted by atomic mass is 10.2. The first-order chi connectivity index (χ1) is 8.16. The van der Waals surface area contributed by atoms with Crippen LogP contribution in [0, 0.1) is 15.9 Å². The van der Waals surface area contributed by atoms with Crippen molar-refractivity contribution >= 4 is 11.4 Å². The van der Waals surface area contributed by atoms with Gasteiger partial charge >= 0.3 is 0 Å². The third kappa shape index (κ3) is 2.57. The second-order valence-electron chi connectivity index (χ2n) is 3.27. The van der Waals surface area contributed by atoms with Gasteiger partial charge in [0, 0.05) is 12.1 Å². The van der Waals surface area contributed by atoms with E-state index in [0.717, 1.165) is 6.07 Å². The summed E-state index contributed by atoms with van der Waals surface area (Å²) in [7, 11) is 0. The molecule has 0 radical (unpaired) electrons. The van der Waals surface area contributed by atoms with E-state index < -0.39 is 10.7 Å². The maximum atomic E-state index is 13.4. The summed E-state index contributed by atoms with van der Waals surface area (Å²) in [6.07, 6.45) is 1.41. The summed E-state index contributed by atoms with van der Waals surface area (Å²) in [6.45, 7) is 0.283. The van der Waals surface area contributed by atoms with Gasteiger partial charge in [-0.1, -0.05) is 5.16 Å². The Hall–Kier alpha value is -2.44. The maximum Gasteiger partial charge on any atom is 0.272 e. The molecule has 88 valence electrons. The number of nitrogens with one attached hydrogen (secondary N) is 1. The van der Waals surface area contributed by atoms with Crippen LogP contribution in [0.2, 0.25) is 0 Å². The zero-order valence-corrected chi connectivity index (χ0v) is 8.59. The second kappa shape index (κ2) is 4.60. The van der Waals surface area contributed by atoms with Gasteiger partial charge in [0.05, 0.1) is 23.2 Å². The van der Waals surface area contributed by atoms with Gasteiger partial charge in [0.2, 0.25) is 0 Å². The Morgan fingerprint density at radius 2 is 2.29 bits per heavy atom. The summed E-state index contributed by atoms with van der Waals surface area (Å²) in [5.74, 6) is -0.678. The zero-order chi connectivity index (χ0) is 12.3. The molecule has 2 rings (SSSR count). The molecule has 0 saturated carbocycles. The summed E-state index contributed by atoms with van der Waals surface area (Å²) in [5.41, 5.74) is 0.510. The highest BCUT2D eigenvalue weighted by atomic mass is 19.1. The van der Waals surface area contributed by atoms with Crippen LogP contribution in [0.25, 0.3) is 0 Å². The molecule has 1 aromatic carbocycles. The molecule has 17 heavy (non-hydrogen) atoms. The number of non-ortho nitro benzene ring substituents is 1. The fraction of sp³-hybridized carbons (Fsp3) is 0.100. The molecule has 0 bridgehead atoms. The maximum absolute atomic E-state index is 13.4.